The summed E-state index contributed by atoms with van der Waals surface area (Å²) >= 11 is 7.81. The van der Waals surface area contributed by atoms with E-state index in [-0.39, 0.29) is 17.7 Å². The minimum Gasteiger partial charge on any atom is -0.467 e. The van der Waals surface area contributed by atoms with E-state index in [4.69, 9.17) is 21.8 Å². The van der Waals surface area contributed by atoms with Gasteiger partial charge in [-0.25, -0.2) is 4.98 Å². The molecular weight excluding hydrogens is 367 g/mol. The first-order valence-electron chi connectivity index (χ1n) is 7.50. The second-order valence-corrected chi connectivity index (χ2v) is 7.09. The number of rotatable bonds is 6. The maximum absolute atomic E-state index is 6.10. The Labute approximate surface area is 156 Å². The number of furan rings is 1. The number of anilines is 1. The number of nitrogens with two attached hydrogens (primary N) is 1. The molecule has 0 aliphatic carbocycles. The van der Waals surface area contributed by atoms with Gasteiger partial charge in [0.05, 0.1) is 23.0 Å². The first-order valence-corrected chi connectivity index (χ1v) is 8.69. The number of fused-ring (bicyclic) bond motifs is 1. The summed E-state index contributed by atoms with van der Waals surface area (Å²) in [5.74, 6) is 2.03. The zero-order valence-corrected chi connectivity index (χ0v) is 15.9. The molecule has 3 aromatic heterocycles. The molecule has 3 N–H and O–H groups in total. The molecule has 0 aliphatic heterocycles. The summed E-state index contributed by atoms with van der Waals surface area (Å²) in [5.41, 5.74) is 7.83. The molecule has 0 bridgehead atoms. The Hall–Kier alpha value is -1.34. The Bertz CT molecular complexity index is 804. The molecule has 1 atom stereocenters. The number of aromatic nitrogens is 2. The number of hydrogen-bond acceptors (Lipinski definition) is 6. The predicted octanol–water partition coefficient (Wildman–Crippen LogP) is 4.42. The van der Waals surface area contributed by atoms with Crippen molar-refractivity contribution in [2.24, 2.45) is 11.7 Å². The molecule has 0 amide bonds. The maximum atomic E-state index is 6.10. The van der Waals surface area contributed by atoms with Crippen molar-refractivity contribution in [3.63, 3.8) is 0 Å². The highest BCUT2D eigenvalue weighted by Crippen LogP contribution is 2.36. The van der Waals surface area contributed by atoms with Crippen LogP contribution in [0, 0.1) is 12.8 Å². The van der Waals surface area contributed by atoms with Crippen LogP contribution < -0.4 is 11.1 Å². The summed E-state index contributed by atoms with van der Waals surface area (Å²) < 4.78 is 6.37. The van der Waals surface area contributed by atoms with Crippen molar-refractivity contribution in [2.45, 2.75) is 26.8 Å². The van der Waals surface area contributed by atoms with Gasteiger partial charge in [0.2, 0.25) is 5.28 Å². The van der Waals surface area contributed by atoms with Crippen LogP contribution in [-0.2, 0) is 13.0 Å². The zero-order chi connectivity index (χ0) is 16.4. The van der Waals surface area contributed by atoms with Crippen LogP contribution in [0.4, 0.5) is 5.82 Å². The van der Waals surface area contributed by atoms with E-state index in [0.717, 1.165) is 33.8 Å². The fourth-order valence-electron chi connectivity index (χ4n) is 2.40. The molecule has 0 spiro atoms. The van der Waals surface area contributed by atoms with Gasteiger partial charge in [-0.1, -0.05) is 6.92 Å². The SMILES string of the molecule is Cc1c(C[C@H](C)CN)sc2c(NCc3ccco3)nc(Cl)nc12.Cl. The van der Waals surface area contributed by atoms with Gasteiger partial charge in [0.25, 0.3) is 0 Å². The molecule has 0 radical (unpaired) electrons. The average molecular weight is 387 g/mol. The molecule has 24 heavy (non-hydrogen) atoms. The summed E-state index contributed by atoms with van der Waals surface area (Å²) in [6, 6.07) is 3.78. The number of hydrogen-bond donors (Lipinski definition) is 2. The van der Waals surface area contributed by atoms with Crippen LogP contribution in [0.2, 0.25) is 5.28 Å². The smallest absolute Gasteiger partial charge is 0.224 e. The van der Waals surface area contributed by atoms with E-state index in [0.29, 0.717) is 19.0 Å². The molecule has 0 saturated carbocycles. The van der Waals surface area contributed by atoms with Gasteiger partial charge in [-0.05, 0) is 55.1 Å². The lowest BCUT2D eigenvalue weighted by Crippen LogP contribution is -2.12. The van der Waals surface area contributed by atoms with Crippen LogP contribution in [0.15, 0.2) is 22.8 Å². The summed E-state index contributed by atoms with van der Waals surface area (Å²) in [5, 5.41) is 3.54. The standard InChI is InChI=1S/C16H19ClN4OS.ClH/c1-9(7-18)6-12-10(2)13-14(23-12)15(21-16(17)20-13)19-8-11-4-3-5-22-11;/h3-5,9H,6-8,18H2,1-2H3,(H,19,20,21);1H/t9-;/m0./s1. The monoisotopic (exact) mass is 386 g/mol. The summed E-state index contributed by atoms with van der Waals surface area (Å²) in [6.07, 6.45) is 2.60. The summed E-state index contributed by atoms with van der Waals surface area (Å²) in [4.78, 5) is 10.0. The molecule has 3 aromatic rings. The van der Waals surface area contributed by atoms with Crippen molar-refractivity contribution in [3.8, 4) is 0 Å². The van der Waals surface area contributed by atoms with E-state index >= 15 is 0 Å². The van der Waals surface area contributed by atoms with Crippen LogP contribution in [-0.4, -0.2) is 16.5 Å². The lowest BCUT2D eigenvalue weighted by molar-refractivity contribution is 0.518. The second-order valence-electron chi connectivity index (χ2n) is 5.65. The highest BCUT2D eigenvalue weighted by Gasteiger charge is 2.17. The number of aryl methyl sites for hydroxylation is 1. The Kier molecular flexibility index (Phi) is 6.46. The summed E-state index contributed by atoms with van der Waals surface area (Å²) in [6.45, 7) is 5.46. The molecule has 0 fully saturated rings. The van der Waals surface area contributed by atoms with E-state index in [1.807, 2.05) is 12.1 Å². The Morgan fingerprint density at radius 2 is 2.21 bits per heavy atom. The zero-order valence-electron chi connectivity index (χ0n) is 13.5. The van der Waals surface area contributed by atoms with Gasteiger partial charge in [-0.3, -0.25) is 0 Å². The van der Waals surface area contributed by atoms with Crippen molar-refractivity contribution in [3.05, 3.63) is 39.9 Å². The molecule has 0 aliphatic rings. The second kappa shape index (κ2) is 8.16. The molecule has 3 rings (SSSR count). The van der Waals surface area contributed by atoms with Crippen LogP contribution in [0.25, 0.3) is 10.2 Å². The van der Waals surface area contributed by atoms with E-state index in [2.05, 4.69) is 29.1 Å². The fraction of sp³-hybridized carbons (Fsp3) is 0.375. The van der Waals surface area contributed by atoms with Gasteiger partial charge in [0.15, 0.2) is 0 Å². The van der Waals surface area contributed by atoms with Crippen LogP contribution in [0.1, 0.15) is 23.1 Å². The van der Waals surface area contributed by atoms with Gasteiger partial charge < -0.3 is 15.5 Å². The van der Waals surface area contributed by atoms with Gasteiger partial charge in [0.1, 0.15) is 11.6 Å². The third kappa shape index (κ3) is 4.00. The van der Waals surface area contributed by atoms with Crippen LogP contribution >= 0.6 is 35.3 Å². The normalized spacial score (nSPS) is 12.2. The van der Waals surface area contributed by atoms with E-state index in [9.17, 15) is 0 Å². The molecule has 130 valence electrons. The van der Waals surface area contributed by atoms with Crippen molar-refractivity contribution >= 4 is 51.4 Å². The lowest BCUT2D eigenvalue weighted by atomic mass is 10.1. The number of nitrogens with zero attached hydrogens (tertiary/aromatic N) is 2. The third-order valence-electron chi connectivity index (χ3n) is 3.78. The molecule has 0 aromatic carbocycles. The molecule has 5 nitrogen and oxygen atoms in total. The largest absolute Gasteiger partial charge is 0.467 e. The minimum absolute atomic E-state index is 0. The fourth-order valence-corrected chi connectivity index (χ4v) is 3.95. The molecular formula is C16H20Cl2N4OS. The Balaban J connectivity index is 0.00000208. The Morgan fingerprint density at radius 3 is 2.88 bits per heavy atom. The van der Waals surface area contributed by atoms with Gasteiger partial charge in [0, 0.05) is 4.88 Å². The van der Waals surface area contributed by atoms with E-state index < -0.39 is 0 Å². The molecule has 8 heteroatoms. The van der Waals surface area contributed by atoms with E-state index in [1.165, 1.54) is 4.88 Å². The van der Waals surface area contributed by atoms with E-state index in [1.54, 1.807) is 17.6 Å². The minimum atomic E-state index is 0. The highest BCUT2D eigenvalue weighted by atomic mass is 35.5. The molecule has 0 unspecified atom stereocenters. The lowest BCUT2D eigenvalue weighted by Gasteiger charge is -2.06. The average Bonchev–Trinajstić information content (AvgIpc) is 3.15. The maximum Gasteiger partial charge on any atom is 0.224 e. The Morgan fingerprint density at radius 1 is 1.42 bits per heavy atom. The van der Waals surface area contributed by atoms with Gasteiger partial charge >= 0.3 is 0 Å². The first-order chi connectivity index (χ1) is 11.1. The van der Waals surface area contributed by atoms with Gasteiger partial charge in [-0.2, -0.15) is 4.98 Å². The van der Waals surface area contributed by atoms with Crippen LogP contribution in [0.3, 0.4) is 0 Å². The van der Waals surface area contributed by atoms with Gasteiger partial charge in [-0.15, -0.1) is 23.7 Å². The number of halogens is 2. The van der Waals surface area contributed by atoms with Crippen molar-refractivity contribution in [2.75, 3.05) is 11.9 Å². The van der Waals surface area contributed by atoms with Crippen molar-refractivity contribution < 1.29 is 4.42 Å². The summed E-state index contributed by atoms with van der Waals surface area (Å²) in [7, 11) is 0. The molecule has 0 saturated heterocycles. The topological polar surface area (TPSA) is 77.0 Å². The van der Waals surface area contributed by atoms with Crippen molar-refractivity contribution in [1.82, 2.24) is 9.97 Å². The van der Waals surface area contributed by atoms with Crippen LogP contribution in [0.5, 0.6) is 0 Å². The number of nitrogens with one attached hydrogen (secondary N) is 1. The molecule has 3 heterocycles. The predicted molar refractivity (Wildman–Crippen MR) is 102 cm³/mol. The number of thiophene rings is 1. The van der Waals surface area contributed by atoms with Crippen molar-refractivity contribution in [1.29, 1.82) is 0 Å². The third-order valence-corrected chi connectivity index (χ3v) is 5.26. The first kappa shape index (κ1) is 19.0. The quantitative estimate of drug-likeness (QED) is 0.613. The highest BCUT2D eigenvalue weighted by molar-refractivity contribution is 7.19.